The molecule has 9 heteroatoms. The number of fused-ring (bicyclic) bond motifs is 2. The second-order valence-electron chi connectivity index (χ2n) is 17.2. The van der Waals surface area contributed by atoms with Crippen molar-refractivity contribution in [3.63, 3.8) is 0 Å². The van der Waals surface area contributed by atoms with Crippen LogP contribution in [0.15, 0.2) is 70.5 Å². The van der Waals surface area contributed by atoms with Crippen LogP contribution in [0, 0.1) is 0 Å². The molecule has 0 aromatic heterocycles. The van der Waals surface area contributed by atoms with Crippen LogP contribution >= 0.6 is 0 Å². The monoisotopic (exact) mass is 902 g/mol. The van der Waals surface area contributed by atoms with Gasteiger partial charge in [0.25, 0.3) is 0 Å². The van der Waals surface area contributed by atoms with E-state index in [1.54, 1.807) is 0 Å². The predicted octanol–water partition coefficient (Wildman–Crippen LogP) is 14.7. The molecular formula is C52H78CaO6S2. The predicted molar refractivity (Wildman–Crippen MR) is 258 cm³/mol. The maximum atomic E-state index is 11.7. The minimum Gasteiger partial charge on any atom is -0.744 e. The summed E-state index contributed by atoms with van der Waals surface area (Å²) in [6.07, 6.45) is 33.7. The van der Waals surface area contributed by atoms with Gasteiger partial charge >= 0.3 is 37.7 Å². The molecule has 0 aliphatic heterocycles. The normalized spacial score (nSPS) is 11.8. The third-order valence-corrected chi connectivity index (χ3v) is 13.8. The molecule has 0 fully saturated rings. The Hall–Kier alpha value is -1.52. The molecule has 0 aliphatic carbocycles. The zero-order valence-corrected chi connectivity index (χ0v) is 42.4. The average molecular weight is 903 g/mol. The number of unbranched alkanes of at least 4 members (excludes halogenated alkanes) is 20. The Bertz CT molecular complexity index is 1900. The summed E-state index contributed by atoms with van der Waals surface area (Å²) in [5.41, 5.74) is 4.81. The number of hydrogen-bond donors (Lipinski definition) is 0. The summed E-state index contributed by atoms with van der Waals surface area (Å²) >= 11 is 0. The third kappa shape index (κ3) is 20.9. The zero-order valence-electron chi connectivity index (χ0n) is 38.5. The van der Waals surface area contributed by atoms with Gasteiger partial charge in [0, 0.05) is 0 Å². The molecule has 0 N–H and O–H groups in total. The Kier molecular flexibility index (Phi) is 28.6. The van der Waals surface area contributed by atoms with Gasteiger partial charge in [0.05, 0.1) is 9.79 Å². The van der Waals surface area contributed by atoms with Crippen molar-refractivity contribution < 1.29 is 25.9 Å². The van der Waals surface area contributed by atoms with Gasteiger partial charge in [-0.05, 0) is 107 Å². The minimum atomic E-state index is -4.47. The molecular weight excluding hydrogens is 825 g/mol. The van der Waals surface area contributed by atoms with Crippen LogP contribution in [0.3, 0.4) is 0 Å². The summed E-state index contributed by atoms with van der Waals surface area (Å²) in [7, 11) is -8.95. The van der Waals surface area contributed by atoms with Crippen molar-refractivity contribution in [1.82, 2.24) is 0 Å². The van der Waals surface area contributed by atoms with E-state index in [0.717, 1.165) is 73.3 Å². The molecule has 0 saturated heterocycles. The molecule has 0 heterocycles. The number of benzene rings is 4. The summed E-state index contributed by atoms with van der Waals surface area (Å²) in [5.74, 6) is 0. The van der Waals surface area contributed by atoms with Gasteiger partial charge in [0.1, 0.15) is 20.2 Å². The van der Waals surface area contributed by atoms with Crippen LogP contribution in [0.4, 0.5) is 0 Å². The quantitative estimate of drug-likeness (QED) is 0.0292. The molecule has 0 saturated carbocycles. The van der Waals surface area contributed by atoms with Gasteiger partial charge in [-0.1, -0.05) is 205 Å². The fourth-order valence-electron chi connectivity index (χ4n) is 8.45. The van der Waals surface area contributed by atoms with Crippen LogP contribution in [-0.2, 0) is 45.9 Å². The smallest absolute Gasteiger partial charge is 0.744 e. The van der Waals surface area contributed by atoms with Crippen LogP contribution in [0.2, 0.25) is 0 Å². The van der Waals surface area contributed by atoms with Gasteiger partial charge in [-0.3, -0.25) is 0 Å². The van der Waals surface area contributed by atoms with Crippen LogP contribution in [0.25, 0.3) is 21.5 Å². The zero-order chi connectivity index (χ0) is 43.6. The Morgan fingerprint density at radius 1 is 0.344 bits per heavy atom. The second kappa shape index (κ2) is 31.4. The molecule has 0 bridgehead atoms. The molecule has 0 spiro atoms. The van der Waals surface area contributed by atoms with Gasteiger partial charge in [0.2, 0.25) is 0 Å². The standard InChI is InChI=1S/2C26H40O3S.Ca/c2*1-3-5-7-9-11-13-15-22-17-19-24-25(21-22)23(16-14-12-10-8-6-4-2)18-20-26(24)30(27,28)29;/h2*17-21H,3-16H2,1-2H3,(H,27,28,29);/q;;+2/p-2. The van der Waals surface area contributed by atoms with Gasteiger partial charge in [-0.2, -0.15) is 0 Å². The summed E-state index contributed by atoms with van der Waals surface area (Å²) in [6.45, 7) is 8.91. The van der Waals surface area contributed by atoms with Gasteiger partial charge in [-0.25, -0.2) is 16.8 Å². The first-order chi connectivity index (χ1) is 28.9. The van der Waals surface area contributed by atoms with E-state index in [-0.39, 0.29) is 47.5 Å². The van der Waals surface area contributed by atoms with Gasteiger partial charge in [-0.15, -0.1) is 0 Å². The molecule has 0 radical (unpaired) electrons. The van der Waals surface area contributed by atoms with Gasteiger partial charge in [0.15, 0.2) is 0 Å². The Balaban J connectivity index is 0.000000413. The third-order valence-electron chi connectivity index (χ3n) is 12.0. The van der Waals surface area contributed by atoms with E-state index in [1.807, 2.05) is 36.4 Å². The fourth-order valence-corrected chi connectivity index (χ4v) is 9.81. The van der Waals surface area contributed by atoms with E-state index in [9.17, 15) is 25.9 Å². The molecule has 336 valence electrons. The fraction of sp³-hybridized carbons (Fsp3) is 0.615. The van der Waals surface area contributed by atoms with Crippen LogP contribution in [0.1, 0.15) is 204 Å². The largest absolute Gasteiger partial charge is 2.00 e. The first-order valence-electron chi connectivity index (χ1n) is 23.9. The summed E-state index contributed by atoms with van der Waals surface area (Å²) < 4.78 is 70.5. The molecule has 0 aliphatic rings. The van der Waals surface area contributed by atoms with E-state index >= 15 is 0 Å². The van der Waals surface area contributed by atoms with Crippen molar-refractivity contribution in [2.75, 3.05) is 0 Å². The molecule has 4 rings (SSSR count). The van der Waals surface area contributed by atoms with Crippen LogP contribution < -0.4 is 0 Å². The van der Waals surface area contributed by atoms with Crippen molar-refractivity contribution >= 4 is 79.5 Å². The minimum absolute atomic E-state index is 0. The average Bonchev–Trinajstić information content (AvgIpc) is 3.22. The van der Waals surface area contributed by atoms with Crippen molar-refractivity contribution in [3.05, 3.63) is 82.9 Å². The van der Waals surface area contributed by atoms with E-state index in [4.69, 9.17) is 0 Å². The van der Waals surface area contributed by atoms with Crippen LogP contribution in [0.5, 0.6) is 0 Å². The van der Waals surface area contributed by atoms with E-state index < -0.39 is 20.2 Å². The molecule has 0 atom stereocenters. The molecule has 4 aromatic carbocycles. The van der Waals surface area contributed by atoms with E-state index in [1.165, 1.54) is 152 Å². The van der Waals surface area contributed by atoms with Crippen LogP contribution in [-0.4, -0.2) is 63.7 Å². The molecule has 6 nitrogen and oxygen atoms in total. The van der Waals surface area contributed by atoms with Crippen molar-refractivity contribution in [3.8, 4) is 0 Å². The summed E-state index contributed by atoms with van der Waals surface area (Å²) in [4.78, 5) is -0.175. The number of aryl methyl sites for hydroxylation is 4. The number of hydrogen-bond acceptors (Lipinski definition) is 6. The van der Waals surface area contributed by atoms with Gasteiger partial charge < -0.3 is 9.11 Å². The Morgan fingerprint density at radius 3 is 0.918 bits per heavy atom. The topological polar surface area (TPSA) is 114 Å². The summed E-state index contributed by atoms with van der Waals surface area (Å²) in [5, 5.41) is 3.06. The van der Waals surface area contributed by atoms with Crippen molar-refractivity contribution in [1.29, 1.82) is 0 Å². The molecule has 4 aromatic rings. The maximum Gasteiger partial charge on any atom is 2.00 e. The molecule has 0 unspecified atom stereocenters. The number of rotatable bonds is 30. The second-order valence-corrected chi connectivity index (χ2v) is 19.9. The first-order valence-corrected chi connectivity index (χ1v) is 26.8. The van der Waals surface area contributed by atoms with Crippen molar-refractivity contribution in [2.24, 2.45) is 0 Å². The van der Waals surface area contributed by atoms with E-state index in [2.05, 4.69) is 39.8 Å². The SMILES string of the molecule is CCCCCCCCc1ccc2c(S(=O)(=O)[O-])ccc(CCCCCCCC)c2c1.CCCCCCCCc1ccc2c(S(=O)(=O)[O-])ccc(CCCCCCCC)c2c1.[Ca+2]. The summed E-state index contributed by atoms with van der Waals surface area (Å²) in [6, 6.07) is 18.7. The first kappa shape index (κ1) is 55.6. The molecule has 0 amide bonds. The Morgan fingerprint density at radius 2 is 0.623 bits per heavy atom. The van der Waals surface area contributed by atoms with Crippen molar-refractivity contribution in [2.45, 2.75) is 217 Å². The molecule has 61 heavy (non-hydrogen) atoms. The van der Waals surface area contributed by atoms with E-state index in [0.29, 0.717) is 10.8 Å². The Labute approximate surface area is 402 Å². The maximum absolute atomic E-state index is 11.7.